The molecule has 1 unspecified atom stereocenters. The summed E-state index contributed by atoms with van der Waals surface area (Å²) in [6, 6.07) is 22.3. The summed E-state index contributed by atoms with van der Waals surface area (Å²) >= 11 is 0. The Bertz CT molecular complexity index is 1200. The number of fused-ring (bicyclic) bond motifs is 3. The summed E-state index contributed by atoms with van der Waals surface area (Å²) in [5, 5.41) is 14.4. The van der Waals surface area contributed by atoms with Gasteiger partial charge in [-0.15, -0.1) is 6.58 Å². The molecule has 3 N–H and O–H groups in total. The Morgan fingerprint density at radius 3 is 2.03 bits per heavy atom. The first kappa shape index (κ1) is 23.8. The topological polar surface area (TPSA) is 105 Å². The van der Waals surface area contributed by atoms with Gasteiger partial charge in [-0.05, 0) is 34.2 Å². The van der Waals surface area contributed by atoms with Gasteiger partial charge in [0.2, 0.25) is 5.91 Å². The molecule has 3 aromatic carbocycles. The van der Waals surface area contributed by atoms with Crippen molar-refractivity contribution in [2.75, 3.05) is 6.61 Å². The Hall–Kier alpha value is -4.39. The molecule has 7 heteroatoms. The van der Waals surface area contributed by atoms with Crippen LogP contribution in [0.4, 0.5) is 4.79 Å². The lowest BCUT2D eigenvalue weighted by atomic mass is 9.98. The summed E-state index contributed by atoms with van der Waals surface area (Å²) in [6.45, 7) is 3.63. The molecule has 1 aliphatic carbocycles. The van der Waals surface area contributed by atoms with Crippen molar-refractivity contribution in [3.63, 3.8) is 0 Å². The average molecular weight is 471 g/mol. The molecule has 4 rings (SSSR count). The number of rotatable bonds is 9. The van der Waals surface area contributed by atoms with E-state index in [1.165, 1.54) is 6.08 Å². The van der Waals surface area contributed by atoms with Gasteiger partial charge >= 0.3 is 12.1 Å². The number of alkyl carbamates (subject to hydrolysis) is 1. The van der Waals surface area contributed by atoms with Crippen LogP contribution in [0.3, 0.4) is 0 Å². The van der Waals surface area contributed by atoms with Gasteiger partial charge in [-0.25, -0.2) is 9.59 Å². The molecule has 0 bridgehead atoms. The summed E-state index contributed by atoms with van der Waals surface area (Å²) in [5.74, 6) is -1.97. The van der Waals surface area contributed by atoms with E-state index in [1.54, 1.807) is 30.3 Å². The van der Waals surface area contributed by atoms with Crippen LogP contribution in [-0.4, -0.2) is 35.7 Å². The SMILES string of the molecule is C=CCC(NC(=O)[C@@H](NC(=O)OCC1c2ccccc2-c2ccccc21)c1ccccc1)C(=O)O. The van der Waals surface area contributed by atoms with Crippen LogP contribution in [-0.2, 0) is 14.3 Å². The predicted octanol–water partition coefficient (Wildman–Crippen LogP) is 4.41. The first-order valence-electron chi connectivity index (χ1n) is 11.3. The van der Waals surface area contributed by atoms with Crippen LogP contribution in [0.2, 0.25) is 0 Å². The van der Waals surface area contributed by atoms with Crippen molar-refractivity contribution < 1.29 is 24.2 Å². The molecule has 0 saturated heterocycles. The van der Waals surface area contributed by atoms with Crippen molar-refractivity contribution in [1.82, 2.24) is 10.6 Å². The van der Waals surface area contributed by atoms with E-state index in [9.17, 15) is 19.5 Å². The first-order chi connectivity index (χ1) is 17.0. The zero-order valence-electron chi connectivity index (χ0n) is 19.0. The van der Waals surface area contributed by atoms with Crippen molar-refractivity contribution in [3.05, 3.63) is 108 Å². The number of carboxylic acids is 1. The summed E-state index contributed by atoms with van der Waals surface area (Å²) < 4.78 is 5.58. The molecule has 0 fully saturated rings. The highest BCUT2D eigenvalue weighted by Crippen LogP contribution is 2.44. The van der Waals surface area contributed by atoms with E-state index in [2.05, 4.69) is 17.2 Å². The van der Waals surface area contributed by atoms with Crippen LogP contribution in [0.1, 0.15) is 35.1 Å². The number of carbonyl (C=O) groups excluding carboxylic acids is 2. The second-order valence-corrected chi connectivity index (χ2v) is 8.24. The number of amides is 2. The Labute approximate surface area is 203 Å². The molecule has 3 aromatic rings. The minimum absolute atomic E-state index is 0.0491. The van der Waals surface area contributed by atoms with Crippen molar-refractivity contribution in [2.45, 2.75) is 24.4 Å². The van der Waals surface area contributed by atoms with E-state index in [1.807, 2.05) is 48.5 Å². The molecule has 178 valence electrons. The molecular formula is C28H26N2O5. The highest BCUT2D eigenvalue weighted by Gasteiger charge is 2.31. The lowest BCUT2D eigenvalue weighted by Crippen LogP contribution is -2.47. The van der Waals surface area contributed by atoms with E-state index < -0.39 is 30.1 Å². The first-order valence-corrected chi connectivity index (χ1v) is 11.3. The lowest BCUT2D eigenvalue weighted by Gasteiger charge is -2.22. The fraction of sp³-hybridized carbons (Fsp3) is 0.179. The van der Waals surface area contributed by atoms with Crippen molar-refractivity contribution in [3.8, 4) is 11.1 Å². The van der Waals surface area contributed by atoms with Gasteiger partial charge in [-0.1, -0.05) is 84.9 Å². The molecule has 0 radical (unpaired) electrons. The molecule has 2 amide bonds. The van der Waals surface area contributed by atoms with Crippen LogP contribution >= 0.6 is 0 Å². The maximum Gasteiger partial charge on any atom is 0.408 e. The molecule has 0 aliphatic heterocycles. The van der Waals surface area contributed by atoms with Crippen molar-refractivity contribution in [1.29, 1.82) is 0 Å². The third kappa shape index (κ3) is 5.24. The van der Waals surface area contributed by atoms with Crippen LogP contribution in [0, 0.1) is 0 Å². The fourth-order valence-corrected chi connectivity index (χ4v) is 4.35. The molecule has 0 saturated carbocycles. The van der Waals surface area contributed by atoms with Crippen LogP contribution in [0.25, 0.3) is 11.1 Å². The maximum atomic E-state index is 13.0. The van der Waals surface area contributed by atoms with Crippen molar-refractivity contribution in [2.24, 2.45) is 0 Å². The molecule has 7 nitrogen and oxygen atoms in total. The van der Waals surface area contributed by atoms with Gasteiger partial charge < -0.3 is 20.5 Å². The molecule has 0 heterocycles. The van der Waals surface area contributed by atoms with Gasteiger partial charge in [0.15, 0.2) is 0 Å². The Balaban J connectivity index is 1.49. The molecule has 2 atom stereocenters. The second-order valence-electron chi connectivity index (χ2n) is 8.24. The highest BCUT2D eigenvalue weighted by molar-refractivity contribution is 5.90. The van der Waals surface area contributed by atoms with Gasteiger partial charge in [-0.3, -0.25) is 4.79 Å². The number of hydrogen-bond acceptors (Lipinski definition) is 4. The van der Waals surface area contributed by atoms with Gasteiger partial charge in [0.25, 0.3) is 0 Å². The Morgan fingerprint density at radius 2 is 1.46 bits per heavy atom. The Morgan fingerprint density at radius 1 is 0.886 bits per heavy atom. The van der Waals surface area contributed by atoms with E-state index in [0.717, 1.165) is 22.3 Å². The summed E-state index contributed by atoms with van der Waals surface area (Å²) in [4.78, 5) is 37.3. The fourth-order valence-electron chi connectivity index (χ4n) is 4.35. The number of aliphatic carboxylic acids is 1. The zero-order valence-corrected chi connectivity index (χ0v) is 19.0. The van der Waals surface area contributed by atoms with Crippen molar-refractivity contribution >= 4 is 18.0 Å². The molecule has 35 heavy (non-hydrogen) atoms. The third-order valence-corrected chi connectivity index (χ3v) is 6.02. The van der Waals surface area contributed by atoms with Gasteiger partial charge in [0.05, 0.1) is 0 Å². The quantitative estimate of drug-likeness (QED) is 0.402. The van der Waals surface area contributed by atoms with Crippen LogP contribution in [0.5, 0.6) is 0 Å². The van der Waals surface area contributed by atoms with Crippen LogP contribution in [0.15, 0.2) is 91.5 Å². The second kappa shape index (κ2) is 10.7. The van der Waals surface area contributed by atoms with Gasteiger partial charge in [0.1, 0.15) is 18.7 Å². The average Bonchev–Trinajstić information content (AvgIpc) is 3.20. The molecular weight excluding hydrogens is 444 g/mol. The minimum atomic E-state index is -1.19. The predicted molar refractivity (Wildman–Crippen MR) is 132 cm³/mol. The number of carboxylic acid groups (broad SMARTS) is 1. The van der Waals surface area contributed by atoms with Gasteiger partial charge in [0, 0.05) is 5.92 Å². The van der Waals surface area contributed by atoms with Crippen LogP contribution < -0.4 is 10.6 Å². The summed E-state index contributed by atoms with van der Waals surface area (Å²) in [7, 11) is 0. The smallest absolute Gasteiger partial charge is 0.408 e. The lowest BCUT2D eigenvalue weighted by molar-refractivity contribution is -0.142. The normalized spacial score (nSPS) is 13.6. The maximum absolute atomic E-state index is 13.0. The summed E-state index contributed by atoms with van der Waals surface area (Å²) in [5.41, 5.74) is 4.88. The monoisotopic (exact) mass is 470 g/mol. The number of hydrogen-bond donors (Lipinski definition) is 3. The standard InChI is InChI=1S/C28H26N2O5/c1-2-10-24(27(32)33)29-26(31)25(18-11-4-3-5-12-18)30-28(34)35-17-23-21-15-8-6-13-19(21)20-14-7-9-16-22(20)23/h2-9,11-16,23-25H,1,10,17H2,(H,29,31)(H,30,34)(H,32,33)/t24?,25-/m0/s1. The minimum Gasteiger partial charge on any atom is -0.480 e. The third-order valence-electron chi connectivity index (χ3n) is 6.02. The largest absolute Gasteiger partial charge is 0.480 e. The van der Waals surface area contributed by atoms with E-state index in [-0.39, 0.29) is 18.9 Å². The highest BCUT2D eigenvalue weighted by atomic mass is 16.5. The van der Waals surface area contributed by atoms with E-state index in [4.69, 9.17) is 4.74 Å². The Kier molecular flexibility index (Phi) is 7.26. The number of carbonyl (C=O) groups is 3. The summed E-state index contributed by atoms with van der Waals surface area (Å²) in [6.07, 6.45) is 0.690. The van der Waals surface area contributed by atoms with E-state index in [0.29, 0.717) is 5.56 Å². The van der Waals surface area contributed by atoms with Gasteiger partial charge in [-0.2, -0.15) is 0 Å². The number of benzene rings is 3. The number of ether oxygens (including phenoxy) is 1. The molecule has 1 aliphatic rings. The number of nitrogens with one attached hydrogen (secondary N) is 2. The zero-order chi connectivity index (χ0) is 24.8. The van der Waals surface area contributed by atoms with E-state index >= 15 is 0 Å². The molecule has 0 aromatic heterocycles. The molecule has 0 spiro atoms.